The van der Waals surface area contributed by atoms with Crippen molar-refractivity contribution in [3.05, 3.63) is 65.0 Å². The summed E-state index contributed by atoms with van der Waals surface area (Å²) in [6.45, 7) is 0. The van der Waals surface area contributed by atoms with E-state index in [9.17, 15) is 13.2 Å². The van der Waals surface area contributed by atoms with Gasteiger partial charge in [0.05, 0.1) is 28.5 Å². The van der Waals surface area contributed by atoms with Crippen molar-refractivity contribution in [1.82, 2.24) is 4.98 Å². The first-order valence-corrected chi connectivity index (χ1v) is 6.09. The van der Waals surface area contributed by atoms with Crippen LogP contribution in [0, 0.1) is 22.7 Å². The largest absolute Gasteiger partial charge is 0.417 e. The highest BCUT2D eigenvalue weighted by Gasteiger charge is 2.30. The first-order valence-electron chi connectivity index (χ1n) is 6.09. The van der Waals surface area contributed by atoms with Gasteiger partial charge < -0.3 is 0 Å². The van der Waals surface area contributed by atoms with Crippen molar-refractivity contribution in [3.63, 3.8) is 0 Å². The van der Waals surface area contributed by atoms with Gasteiger partial charge in [-0.15, -0.1) is 0 Å². The van der Waals surface area contributed by atoms with Gasteiger partial charge in [0.25, 0.3) is 0 Å². The lowest BCUT2D eigenvalue weighted by molar-refractivity contribution is -0.137. The molecule has 22 heavy (non-hydrogen) atoms. The van der Waals surface area contributed by atoms with Gasteiger partial charge in [0.15, 0.2) is 0 Å². The molecular weight excluding hydrogens is 291 g/mol. The van der Waals surface area contributed by atoms with Gasteiger partial charge in [-0.05, 0) is 35.9 Å². The van der Waals surface area contributed by atoms with Crippen LogP contribution in [0.15, 0.2) is 42.6 Å². The Labute approximate surface area is 124 Å². The van der Waals surface area contributed by atoms with E-state index < -0.39 is 11.7 Å². The molecule has 0 aliphatic rings. The summed E-state index contributed by atoms with van der Waals surface area (Å²) in [4.78, 5) is 3.68. The fourth-order valence-corrected chi connectivity index (χ4v) is 1.75. The van der Waals surface area contributed by atoms with Crippen molar-refractivity contribution < 1.29 is 13.2 Å². The van der Waals surface area contributed by atoms with Crippen LogP contribution in [0.4, 0.5) is 13.2 Å². The molecule has 108 valence electrons. The lowest BCUT2D eigenvalue weighted by Crippen LogP contribution is -2.05. The molecule has 2 rings (SSSR count). The Kier molecular flexibility index (Phi) is 4.24. The number of nitrogens with zero attached hydrogens (tertiary/aromatic N) is 3. The van der Waals surface area contributed by atoms with Crippen LogP contribution in [0.1, 0.15) is 22.4 Å². The Morgan fingerprint density at radius 3 is 2.45 bits per heavy atom. The Morgan fingerprint density at radius 2 is 1.91 bits per heavy atom. The van der Waals surface area contributed by atoms with Crippen molar-refractivity contribution in [3.8, 4) is 12.1 Å². The van der Waals surface area contributed by atoms with Gasteiger partial charge in [-0.3, -0.25) is 4.98 Å². The molecule has 0 atom stereocenters. The van der Waals surface area contributed by atoms with E-state index in [1.165, 1.54) is 6.08 Å². The Balaban J connectivity index is 2.38. The molecule has 0 aliphatic heterocycles. The van der Waals surface area contributed by atoms with Crippen LogP contribution < -0.4 is 0 Å². The van der Waals surface area contributed by atoms with E-state index in [4.69, 9.17) is 10.5 Å². The molecule has 0 unspecified atom stereocenters. The fourth-order valence-electron chi connectivity index (χ4n) is 1.75. The second kappa shape index (κ2) is 6.11. The molecule has 0 amide bonds. The minimum Gasteiger partial charge on any atom is -0.255 e. The number of rotatable bonds is 2. The van der Waals surface area contributed by atoms with Crippen molar-refractivity contribution in [2.24, 2.45) is 0 Å². The predicted octanol–water partition coefficient (Wildman–Crippen LogP) is 4.04. The molecule has 0 bridgehead atoms. The second-order valence-corrected chi connectivity index (χ2v) is 4.34. The zero-order chi connectivity index (χ0) is 16.2. The summed E-state index contributed by atoms with van der Waals surface area (Å²) in [6.07, 6.45) is -2.31. The molecule has 1 aromatic heterocycles. The van der Waals surface area contributed by atoms with Gasteiger partial charge in [-0.1, -0.05) is 12.1 Å². The lowest BCUT2D eigenvalue weighted by Gasteiger charge is -2.06. The Hall–Kier alpha value is -3.12. The number of nitriles is 2. The molecule has 0 saturated carbocycles. The van der Waals surface area contributed by atoms with Crippen LogP contribution in [0.2, 0.25) is 0 Å². The number of benzene rings is 1. The Bertz CT molecular complexity index is 791. The molecule has 1 heterocycles. The number of pyridine rings is 1. The molecule has 0 aliphatic carbocycles. The summed E-state index contributed by atoms with van der Waals surface area (Å²) in [7, 11) is 0. The maximum Gasteiger partial charge on any atom is 0.417 e. The average molecular weight is 299 g/mol. The van der Waals surface area contributed by atoms with Gasteiger partial charge in [-0.25, -0.2) is 0 Å². The van der Waals surface area contributed by atoms with Gasteiger partial charge in [0, 0.05) is 6.20 Å². The highest BCUT2D eigenvalue weighted by molar-refractivity contribution is 5.88. The van der Waals surface area contributed by atoms with Crippen molar-refractivity contribution in [2.45, 2.75) is 6.18 Å². The maximum absolute atomic E-state index is 12.5. The third-order valence-corrected chi connectivity index (χ3v) is 2.81. The summed E-state index contributed by atoms with van der Waals surface area (Å²) in [5.74, 6) is 0. The van der Waals surface area contributed by atoms with Gasteiger partial charge in [-0.2, -0.15) is 23.7 Å². The monoisotopic (exact) mass is 299 g/mol. The summed E-state index contributed by atoms with van der Waals surface area (Å²) < 4.78 is 37.4. The quantitative estimate of drug-likeness (QED) is 0.786. The Morgan fingerprint density at radius 1 is 1.14 bits per heavy atom. The first kappa shape index (κ1) is 15.3. The molecule has 1 aromatic carbocycles. The summed E-state index contributed by atoms with van der Waals surface area (Å²) in [5, 5.41) is 18.0. The zero-order valence-electron chi connectivity index (χ0n) is 11.1. The molecule has 6 heteroatoms. The number of allylic oxidation sites excluding steroid dienone is 1. The molecule has 0 fully saturated rings. The molecule has 2 aromatic rings. The normalized spacial score (nSPS) is 11.6. The van der Waals surface area contributed by atoms with E-state index in [2.05, 4.69) is 4.98 Å². The highest BCUT2D eigenvalue weighted by atomic mass is 19.4. The van der Waals surface area contributed by atoms with E-state index in [1.807, 2.05) is 12.1 Å². The highest BCUT2D eigenvalue weighted by Crippen LogP contribution is 2.29. The number of halogens is 3. The maximum atomic E-state index is 12.5. The summed E-state index contributed by atoms with van der Waals surface area (Å²) in [6, 6.07) is 12.4. The number of hydrogen-bond donors (Lipinski definition) is 0. The van der Waals surface area contributed by atoms with Crippen LogP contribution in [-0.2, 0) is 6.18 Å². The molecule has 0 N–H and O–H groups in total. The van der Waals surface area contributed by atoms with Gasteiger partial charge in [0.2, 0.25) is 0 Å². The molecule has 3 nitrogen and oxygen atoms in total. The smallest absolute Gasteiger partial charge is 0.255 e. The minimum absolute atomic E-state index is 0.115. The predicted molar refractivity (Wildman–Crippen MR) is 73.9 cm³/mol. The standard InChI is InChI=1S/C16H8F3N3/c17-16(18,19)14-4-5-15(22-10-14)13(9-21)7-11-2-1-3-12(6-11)8-20/h1-7,10H/b13-7+. The van der Waals surface area contributed by atoms with Crippen LogP contribution >= 0.6 is 0 Å². The number of aromatic nitrogens is 1. The minimum atomic E-state index is -4.47. The van der Waals surface area contributed by atoms with Gasteiger partial charge >= 0.3 is 6.18 Å². The van der Waals surface area contributed by atoms with Crippen molar-refractivity contribution in [2.75, 3.05) is 0 Å². The van der Waals surface area contributed by atoms with Crippen molar-refractivity contribution in [1.29, 1.82) is 10.5 Å². The third kappa shape index (κ3) is 3.50. The number of hydrogen-bond acceptors (Lipinski definition) is 3. The van der Waals surface area contributed by atoms with Crippen LogP contribution in [0.3, 0.4) is 0 Å². The van der Waals surface area contributed by atoms with E-state index in [1.54, 1.807) is 24.3 Å². The lowest BCUT2D eigenvalue weighted by atomic mass is 10.1. The molecule has 0 radical (unpaired) electrons. The first-order chi connectivity index (χ1) is 10.4. The van der Waals surface area contributed by atoms with Crippen LogP contribution in [-0.4, -0.2) is 4.98 Å². The van der Waals surface area contributed by atoms with Crippen LogP contribution in [0.5, 0.6) is 0 Å². The van der Waals surface area contributed by atoms with E-state index in [0.717, 1.165) is 12.1 Å². The number of alkyl halides is 3. The van der Waals surface area contributed by atoms with E-state index in [0.29, 0.717) is 17.3 Å². The SMILES string of the molecule is N#C/C(=C\c1cccc(C#N)c1)c1ccc(C(F)(F)F)cn1. The summed E-state index contributed by atoms with van der Waals surface area (Å²) in [5.41, 5.74) is 0.394. The van der Waals surface area contributed by atoms with E-state index in [-0.39, 0.29) is 11.3 Å². The zero-order valence-corrected chi connectivity index (χ0v) is 11.1. The third-order valence-electron chi connectivity index (χ3n) is 2.81. The molecule has 0 saturated heterocycles. The van der Waals surface area contributed by atoms with Crippen molar-refractivity contribution >= 4 is 11.6 Å². The van der Waals surface area contributed by atoms with Gasteiger partial charge in [0.1, 0.15) is 6.07 Å². The fraction of sp³-hybridized carbons (Fsp3) is 0.0625. The van der Waals surface area contributed by atoms with Crippen LogP contribution in [0.25, 0.3) is 11.6 Å². The summed E-state index contributed by atoms with van der Waals surface area (Å²) >= 11 is 0. The molecule has 0 spiro atoms. The average Bonchev–Trinajstić information content (AvgIpc) is 2.52. The molecular formula is C16H8F3N3. The topological polar surface area (TPSA) is 60.5 Å². The van der Waals surface area contributed by atoms with E-state index >= 15 is 0 Å². The second-order valence-electron chi connectivity index (χ2n) is 4.34.